The van der Waals surface area contributed by atoms with Crippen LogP contribution in [0.3, 0.4) is 0 Å². The van der Waals surface area contributed by atoms with Crippen molar-refractivity contribution < 1.29 is 33.1 Å². The summed E-state index contributed by atoms with van der Waals surface area (Å²) < 4.78 is 24.6. The fraction of sp³-hybridized carbons (Fsp3) is 0.333. The lowest BCUT2D eigenvalue weighted by atomic mass is 10.1. The molecule has 1 heterocycles. The minimum Gasteiger partial charge on any atom is -0.480 e. The molecule has 7 nitrogen and oxygen atoms in total. The molecule has 1 unspecified atom stereocenters. The maximum atomic E-state index is 12.3. The first-order chi connectivity index (χ1) is 11.2. The second kappa shape index (κ2) is 6.73. The molecular formula is C15H14F2N2O5. The van der Waals surface area contributed by atoms with Crippen LogP contribution in [0, 0.1) is 6.92 Å². The number of rotatable bonds is 6. The Morgan fingerprint density at radius 2 is 1.83 bits per heavy atom. The van der Waals surface area contributed by atoms with Crippen molar-refractivity contribution in [2.75, 3.05) is 6.54 Å². The summed E-state index contributed by atoms with van der Waals surface area (Å²) in [4.78, 5) is 47.7. The molecule has 9 heteroatoms. The molecule has 1 aromatic carbocycles. The van der Waals surface area contributed by atoms with E-state index in [1.165, 1.54) is 12.1 Å². The number of aryl methyl sites for hydroxylation is 1. The fourth-order valence-electron chi connectivity index (χ4n) is 2.33. The van der Waals surface area contributed by atoms with Gasteiger partial charge in [-0.3, -0.25) is 19.3 Å². The van der Waals surface area contributed by atoms with E-state index < -0.39 is 49.1 Å². The van der Waals surface area contributed by atoms with Crippen LogP contribution in [-0.4, -0.2) is 52.7 Å². The minimum absolute atomic E-state index is 0.140. The van der Waals surface area contributed by atoms with Crippen LogP contribution in [0.25, 0.3) is 0 Å². The Balaban J connectivity index is 2.09. The zero-order chi connectivity index (χ0) is 18.0. The Morgan fingerprint density at radius 3 is 2.42 bits per heavy atom. The number of carbonyl (C=O) groups excluding carboxylic acids is 3. The molecule has 1 aromatic rings. The molecule has 1 aliphatic heterocycles. The topological polar surface area (TPSA) is 104 Å². The van der Waals surface area contributed by atoms with Gasteiger partial charge in [-0.2, -0.15) is 0 Å². The number of benzene rings is 1. The number of alkyl halides is 2. The zero-order valence-corrected chi connectivity index (χ0v) is 12.6. The van der Waals surface area contributed by atoms with Gasteiger partial charge in [0.05, 0.1) is 11.1 Å². The molecule has 24 heavy (non-hydrogen) atoms. The number of carboxylic acid groups (broad SMARTS) is 1. The molecule has 0 radical (unpaired) electrons. The van der Waals surface area contributed by atoms with Crippen molar-refractivity contribution >= 4 is 23.7 Å². The number of hydrogen-bond acceptors (Lipinski definition) is 4. The van der Waals surface area contributed by atoms with Crippen LogP contribution in [-0.2, 0) is 9.59 Å². The Bertz CT molecular complexity index is 720. The molecule has 3 amide bonds. The van der Waals surface area contributed by atoms with E-state index in [0.717, 1.165) is 5.56 Å². The Morgan fingerprint density at radius 1 is 1.21 bits per heavy atom. The highest BCUT2D eigenvalue weighted by molar-refractivity contribution is 6.22. The van der Waals surface area contributed by atoms with Gasteiger partial charge >= 0.3 is 5.97 Å². The lowest BCUT2D eigenvalue weighted by molar-refractivity contribution is -0.143. The van der Waals surface area contributed by atoms with E-state index in [9.17, 15) is 28.0 Å². The highest BCUT2D eigenvalue weighted by Gasteiger charge is 2.37. The van der Waals surface area contributed by atoms with Gasteiger partial charge in [0.2, 0.25) is 12.3 Å². The normalized spacial score (nSPS) is 14.8. The zero-order valence-electron chi connectivity index (χ0n) is 12.6. The molecule has 2 N–H and O–H groups in total. The van der Waals surface area contributed by atoms with Crippen molar-refractivity contribution in [1.82, 2.24) is 10.2 Å². The molecular weight excluding hydrogens is 326 g/mol. The first-order valence-corrected chi connectivity index (χ1v) is 6.98. The van der Waals surface area contributed by atoms with Crippen LogP contribution < -0.4 is 5.32 Å². The molecule has 0 bridgehead atoms. The number of imide groups is 1. The van der Waals surface area contributed by atoms with E-state index in [1.54, 1.807) is 13.0 Å². The first-order valence-electron chi connectivity index (χ1n) is 6.98. The summed E-state index contributed by atoms with van der Waals surface area (Å²) in [6.07, 6.45) is -3.99. The second-order valence-electron chi connectivity index (χ2n) is 5.33. The number of fused-ring (bicyclic) bond motifs is 1. The summed E-state index contributed by atoms with van der Waals surface area (Å²) in [5, 5.41) is 10.7. The predicted octanol–water partition coefficient (Wildman–Crippen LogP) is 0.816. The third kappa shape index (κ3) is 3.55. The number of halogens is 2. The number of hydrogen-bond donors (Lipinski definition) is 2. The largest absolute Gasteiger partial charge is 0.480 e. The molecule has 0 fully saturated rings. The van der Waals surface area contributed by atoms with Gasteiger partial charge in [-0.1, -0.05) is 11.6 Å². The Kier molecular flexibility index (Phi) is 4.91. The van der Waals surface area contributed by atoms with Crippen molar-refractivity contribution in [2.24, 2.45) is 0 Å². The van der Waals surface area contributed by atoms with Gasteiger partial charge < -0.3 is 10.4 Å². The van der Waals surface area contributed by atoms with Gasteiger partial charge in [0.15, 0.2) is 0 Å². The van der Waals surface area contributed by atoms with Crippen molar-refractivity contribution in [2.45, 2.75) is 25.8 Å². The summed E-state index contributed by atoms with van der Waals surface area (Å²) in [7, 11) is 0. The predicted molar refractivity (Wildman–Crippen MR) is 76.7 cm³/mol. The van der Waals surface area contributed by atoms with E-state index in [4.69, 9.17) is 5.11 Å². The molecule has 1 atom stereocenters. The molecule has 0 saturated carbocycles. The van der Waals surface area contributed by atoms with E-state index in [-0.39, 0.29) is 11.1 Å². The van der Waals surface area contributed by atoms with Crippen LogP contribution >= 0.6 is 0 Å². The highest BCUT2D eigenvalue weighted by Crippen LogP contribution is 2.23. The quantitative estimate of drug-likeness (QED) is 0.746. The van der Waals surface area contributed by atoms with Gasteiger partial charge in [0, 0.05) is 6.42 Å². The van der Waals surface area contributed by atoms with E-state index >= 15 is 0 Å². The molecule has 128 valence electrons. The number of carbonyl (C=O) groups is 4. The molecule has 1 aliphatic rings. The lowest BCUT2D eigenvalue weighted by Gasteiger charge is -2.17. The molecule has 0 saturated heterocycles. The summed E-state index contributed by atoms with van der Waals surface area (Å²) in [5.74, 6) is -4.00. The van der Waals surface area contributed by atoms with Crippen molar-refractivity contribution in [3.05, 3.63) is 34.9 Å². The van der Waals surface area contributed by atoms with Crippen molar-refractivity contribution in [3.63, 3.8) is 0 Å². The summed E-state index contributed by atoms with van der Waals surface area (Å²) in [6, 6.07) is 2.80. The third-order valence-corrected chi connectivity index (χ3v) is 3.48. The second-order valence-corrected chi connectivity index (χ2v) is 5.33. The van der Waals surface area contributed by atoms with Gasteiger partial charge in [-0.15, -0.1) is 0 Å². The van der Waals surface area contributed by atoms with E-state index in [2.05, 4.69) is 0 Å². The average Bonchev–Trinajstić information content (AvgIpc) is 2.70. The molecule has 2 rings (SSSR count). The smallest absolute Gasteiger partial charge is 0.326 e. The molecule has 0 spiro atoms. The third-order valence-electron chi connectivity index (χ3n) is 3.48. The van der Waals surface area contributed by atoms with Gasteiger partial charge in [0.1, 0.15) is 12.6 Å². The number of amides is 3. The van der Waals surface area contributed by atoms with Crippen LogP contribution in [0.2, 0.25) is 0 Å². The van der Waals surface area contributed by atoms with E-state index in [1.807, 2.05) is 5.32 Å². The summed E-state index contributed by atoms with van der Waals surface area (Å²) in [5.41, 5.74) is 1.04. The number of nitrogens with zero attached hydrogens (tertiary/aromatic N) is 1. The Labute approximate surface area is 135 Å². The van der Waals surface area contributed by atoms with E-state index in [0.29, 0.717) is 4.90 Å². The van der Waals surface area contributed by atoms with Gasteiger partial charge in [0.25, 0.3) is 11.8 Å². The monoisotopic (exact) mass is 340 g/mol. The highest BCUT2D eigenvalue weighted by atomic mass is 19.3. The molecule has 0 aromatic heterocycles. The SMILES string of the molecule is Cc1ccc2c(c1)C(=O)N(CC(=O)NC(CC(F)F)C(=O)O)C2=O. The minimum atomic E-state index is -2.92. The van der Waals surface area contributed by atoms with Crippen LogP contribution in [0.15, 0.2) is 18.2 Å². The first kappa shape index (κ1) is 17.5. The lowest BCUT2D eigenvalue weighted by Crippen LogP contribution is -2.47. The van der Waals surface area contributed by atoms with Gasteiger partial charge in [-0.05, 0) is 19.1 Å². The van der Waals surface area contributed by atoms with Crippen molar-refractivity contribution in [3.8, 4) is 0 Å². The summed E-state index contributed by atoms with van der Waals surface area (Å²) in [6.45, 7) is 0.994. The maximum Gasteiger partial charge on any atom is 0.326 e. The standard InChI is InChI=1S/C15H14F2N2O5/c1-7-2-3-8-9(4-7)14(22)19(13(8)21)6-12(20)18-10(15(23)24)5-11(16)17/h2-4,10-11H,5-6H2,1H3,(H,18,20)(H,23,24). The fourth-order valence-corrected chi connectivity index (χ4v) is 2.33. The Hall–Kier alpha value is -2.84. The summed E-state index contributed by atoms with van der Waals surface area (Å²) >= 11 is 0. The molecule has 0 aliphatic carbocycles. The van der Waals surface area contributed by atoms with Crippen LogP contribution in [0.1, 0.15) is 32.7 Å². The number of aliphatic carboxylic acids is 1. The number of carboxylic acids is 1. The van der Waals surface area contributed by atoms with Crippen LogP contribution in [0.5, 0.6) is 0 Å². The average molecular weight is 340 g/mol. The van der Waals surface area contributed by atoms with Crippen molar-refractivity contribution in [1.29, 1.82) is 0 Å². The van der Waals surface area contributed by atoms with Gasteiger partial charge in [-0.25, -0.2) is 13.6 Å². The maximum absolute atomic E-state index is 12.3. The van der Waals surface area contributed by atoms with Crippen LogP contribution in [0.4, 0.5) is 8.78 Å². The number of nitrogens with one attached hydrogen (secondary N) is 1.